The average Bonchev–Trinajstić information content (AvgIpc) is 2.19. The molecule has 1 saturated heterocycles. The summed E-state index contributed by atoms with van der Waals surface area (Å²) in [6.45, 7) is 5.04. The van der Waals surface area contributed by atoms with Crippen LogP contribution in [0.25, 0.3) is 0 Å². The number of carbonyl (C=O) groups is 1. The maximum Gasteiger partial charge on any atom is 0.237 e. The van der Waals surface area contributed by atoms with Crippen LogP contribution >= 0.6 is 11.8 Å². The van der Waals surface area contributed by atoms with Gasteiger partial charge in [0.05, 0.1) is 13.2 Å². The molecule has 0 bridgehead atoms. The standard InChI is InChI=1S/C9H18N2O2S/c1-2-14-6-4-11-3-5-13-7-8(11)9(10)12/h8H,2-7H2,1H3,(H2,10,12)/t8-/m0/s1. The molecule has 0 radical (unpaired) electrons. The molecular weight excluding hydrogens is 200 g/mol. The summed E-state index contributed by atoms with van der Waals surface area (Å²) in [6.07, 6.45) is 0. The van der Waals surface area contributed by atoms with Crippen LogP contribution in [0.1, 0.15) is 6.92 Å². The van der Waals surface area contributed by atoms with E-state index in [-0.39, 0.29) is 11.9 Å². The van der Waals surface area contributed by atoms with Gasteiger partial charge in [-0.2, -0.15) is 11.8 Å². The topological polar surface area (TPSA) is 55.6 Å². The van der Waals surface area contributed by atoms with Gasteiger partial charge in [0, 0.05) is 18.8 Å². The predicted octanol–water partition coefficient (Wildman–Crippen LogP) is -0.0744. The average molecular weight is 218 g/mol. The first kappa shape index (κ1) is 11.8. The van der Waals surface area contributed by atoms with Gasteiger partial charge in [-0.3, -0.25) is 9.69 Å². The summed E-state index contributed by atoms with van der Waals surface area (Å²) in [5, 5.41) is 0. The van der Waals surface area contributed by atoms with Gasteiger partial charge in [-0.25, -0.2) is 0 Å². The molecule has 1 atom stereocenters. The summed E-state index contributed by atoms with van der Waals surface area (Å²) in [7, 11) is 0. The molecule has 1 aliphatic rings. The maximum atomic E-state index is 11.1. The molecule has 0 aromatic carbocycles. The SMILES string of the molecule is CCSCCN1CCOC[C@H]1C(N)=O. The Kier molecular flexibility index (Phi) is 5.29. The lowest BCUT2D eigenvalue weighted by atomic mass is 10.2. The minimum absolute atomic E-state index is 0.221. The number of rotatable bonds is 5. The predicted molar refractivity (Wildman–Crippen MR) is 58.4 cm³/mol. The molecule has 1 rings (SSSR count). The number of morpholine rings is 1. The molecule has 0 saturated carbocycles. The zero-order valence-electron chi connectivity index (χ0n) is 8.57. The summed E-state index contributed by atoms with van der Waals surface area (Å²) in [4.78, 5) is 13.2. The zero-order valence-corrected chi connectivity index (χ0v) is 9.39. The van der Waals surface area contributed by atoms with Gasteiger partial charge in [0.15, 0.2) is 0 Å². The van der Waals surface area contributed by atoms with Crippen molar-refractivity contribution in [2.24, 2.45) is 5.73 Å². The van der Waals surface area contributed by atoms with E-state index in [1.165, 1.54) is 0 Å². The Bertz CT molecular complexity index is 190. The first-order valence-corrected chi connectivity index (χ1v) is 6.10. The molecule has 0 aliphatic carbocycles. The number of nitrogens with zero attached hydrogens (tertiary/aromatic N) is 1. The van der Waals surface area contributed by atoms with Gasteiger partial charge in [-0.15, -0.1) is 0 Å². The molecule has 0 aromatic rings. The first-order chi connectivity index (χ1) is 6.75. The van der Waals surface area contributed by atoms with E-state index in [0.717, 1.165) is 24.6 Å². The third-order valence-corrected chi connectivity index (χ3v) is 3.17. The molecule has 4 nitrogen and oxygen atoms in total. The van der Waals surface area contributed by atoms with Crippen LogP contribution in [0.4, 0.5) is 0 Å². The lowest BCUT2D eigenvalue weighted by Gasteiger charge is -2.33. The smallest absolute Gasteiger partial charge is 0.237 e. The second kappa shape index (κ2) is 6.27. The third-order valence-electron chi connectivity index (χ3n) is 2.29. The van der Waals surface area contributed by atoms with E-state index in [1.807, 2.05) is 11.8 Å². The van der Waals surface area contributed by atoms with Crippen LogP contribution in [0.5, 0.6) is 0 Å². The van der Waals surface area contributed by atoms with E-state index < -0.39 is 0 Å². The molecule has 1 aliphatic heterocycles. The number of thioether (sulfide) groups is 1. The van der Waals surface area contributed by atoms with E-state index >= 15 is 0 Å². The van der Waals surface area contributed by atoms with E-state index in [1.54, 1.807) is 0 Å². The zero-order chi connectivity index (χ0) is 10.4. The summed E-state index contributed by atoms with van der Waals surface area (Å²) in [5.41, 5.74) is 5.29. The van der Waals surface area contributed by atoms with Gasteiger partial charge in [-0.1, -0.05) is 6.92 Å². The van der Waals surface area contributed by atoms with Crippen molar-refractivity contribution in [3.8, 4) is 0 Å². The Morgan fingerprint density at radius 1 is 1.71 bits per heavy atom. The number of carbonyl (C=O) groups excluding carboxylic acids is 1. The van der Waals surface area contributed by atoms with E-state index in [4.69, 9.17) is 10.5 Å². The number of primary amides is 1. The fourth-order valence-electron chi connectivity index (χ4n) is 1.49. The molecule has 14 heavy (non-hydrogen) atoms. The van der Waals surface area contributed by atoms with E-state index in [0.29, 0.717) is 13.2 Å². The molecule has 0 unspecified atom stereocenters. The van der Waals surface area contributed by atoms with Crippen molar-refractivity contribution in [1.29, 1.82) is 0 Å². The first-order valence-electron chi connectivity index (χ1n) is 4.94. The molecule has 5 heteroatoms. The van der Waals surface area contributed by atoms with Crippen LogP contribution in [-0.4, -0.2) is 54.7 Å². The monoisotopic (exact) mass is 218 g/mol. The lowest BCUT2D eigenvalue weighted by molar-refractivity contribution is -0.128. The van der Waals surface area contributed by atoms with Crippen LogP contribution in [-0.2, 0) is 9.53 Å². The van der Waals surface area contributed by atoms with Gasteiger partial charge in [0.2, 0.25) is 5.91 Å². The quantitative estimate of drug-likeness (QED) is 0.656. The third kappa shape index (κ3) is 3.48. The highest BCUT2D eigenvalue weighted by atomic mass is 32.2. The number of hydrogen-bond acceptors (Lipinski definition) is 4. The van der Waals surface area contributed by atoms with Crippen molar-refractivity contribution in [3.63, 3.8) is 0 Å². The fraction of sp³-hybridized carbons (Fsp3) is 0.889. The van der Waals surface area contributed by atoms with Crippen LogP contribution in [0, 0.1) is 0 Å². The molecular formula is C9H18N2O2S. The van der Waals surface area contributed by atoms with Gasteiger partial charge >= 0.3 is 0 Å². The maximum absolute atomic E-state index is 11.1. The van der Waals surface area contributed by atoms with Crippen LogP contribution in [0.15, 0.2) is 0 Å². The van der Waals surface area contributed by atoms with E-state index in [9.17, 15) is 4.79 Å². The van der Waals surface area contributed by atoms with Crippen molar-refractivity contribution in [3.05, 3.63) is 0 Å². The number of nitrogens with two attached hydrogens (primary N) is 1. The summed E-state index contributed by atoms with van der Waals surface area (Å²) in [5.74, 6) is 1.90. The highest BCUT2D eigenvalue weighted by Gasteiger charge is 2.26. The van der Waals surface area contributed by atoms with Crippen molar-refractivity contribution in [1.82, 2.24) is 4.90 Å². The highest BCUT2D eigenvalue weighted by Crippen LogP contribution is 2.08. The van der Waals surface area contributed by atoms with Crippen molar-refractivity contribution < 1.29 is 9.53 Å². The number of ether oxygens (including phenoxy) is 1. The van der Waals surface area contributed by atoms with Crippen LogP contribution in [0.3, 0.4) is 0 Å². The molecule has 0 spiro atoms. The fourth-order valence-corrected chi connectivity index (χ4v) is 2.15. The summed E-state index contributed by atoms with van der Waals surface area (Å²) >= 11 is 1.88. The molecule has 0 aromatic heterocycles. The molecule has 2 N–H and O–H groups in total. The van der Waals surface area contributed by atoms with Gasteiger partial charge in [-0.05, 0) is 5.75 Å². The molecule has 82 valence electrons. The van der Waals surface area contributed by atoms with Crippen molar-refractivity contribution >= 4 is 17.7 Å². The molecule has 1 heterocycles. The Balaban J connectivity index is 2.34. The van der Waals surface area contributed by atoms with Crippen LogP contribution in [0.2, 0.25) is 0 Å². The minimum Gasteiger partial charge on any atom is -0.378 e. The molecule has 1 amide bonds. The Labute approximate surface area is 89.2 Å². The highest BCUT2D eigenvalue weighted by molar-refractivity contribution is 7.99. The van der Waals surface area contributed by atoms with Crippen molar-refractivity contribution in [2.45, 2.75) is 13.0 Å². The Hall–Kier alpha value is -0.260. The second-order valence-corrected chi connectivity index (χ2v) is 4.62. The van der Waals surface area contributed by atoms with Gasteiger partial charge < -0.3 is 10.5 Å². The van der Waals surface area contributed by atoms with Gasteiger partial charge in [0.25, 0.3) is 0 Å². The normalized spacial score (nSPS) is 23.6. The van der Waals surface area contributed by atoms with E-state index in [2.05, 4.69) is 11.8 Å². The number of amides is 1. The second-order valence-electron chi connectivity index (χ2n) is 3.23. The van der Waals surface area contributed by atoms with Crippen molar-refractivity contribution in [2.75, 3.05) is 37.8 Å². The Morgan fingerprint density at radius 3 is 3.14 bits per heavy atom. The van der Waals surface area contributed by atoms with Gasteiger partial charge in [0.1, 0.15) is 6.04 Å². The van der Waals surface area contributed by atoms with Crippen LogP contribution < -0.4 is 5.73 Å². The Morgan fingerprint density at radius 2 is 2.50 bits per heavy atom. The summed E-state index contributed by atoms with van der Waals surface area (Å²) < 4.78 is 5.23. The lowest BCUT2D eigenvalue weighted by Crippen LogP contribution is -2.53. The number of hydrogen-bond donors (Lipinski definition) is 1. The molecule has 1 fully saturated rings. The largest absolute Gasteiger partial charge is 0.378 e. The minimum atomic E-state index is -0.272. The summed E-state index contributed by atoms with van der Waals surface area (Å²) in [6, 6.07) is -0.221.